The fraction of sp³-hybridized carbons (Fsp3) is 0.360. The first-order valence-corrected chi connectivity index (χ1v) is 11.5. The molecular formula is C25H29BrN2O4. The third-order valence-electron chi connectivity index (χ3n) is 5.49. The first-order valence-electron chi connectivity index (χ1n) is 10.7. The number of hydrogen-bond donors (Lipinski definition) is 1. The summed E-state index contributed by atoms with van der Waals surface area (Å²) in [6.45, 7) is 5.49. The van der Waals surface area contributed by atoms with Gasteiger partial charge in [-0.25, -0.2) is 0 Å². The highest BCUT2D eigenvalue weighted by atomic mass is 79.9. The molecule has 0 bridgehead atoms. The van der Waals surface area contributed by atoms with Gasteiger partial charge >= 0.3 is 0 Å². The molecule has 1 aliphatic rings. The van der Waals surface area contributed by atoms with E-state index < -0.39 is 17.7 Å². The molecule has 0 radical (unpaired) electrons. The maximum atomic E-state index is 13.1. The normalized spacial score (nSPS) is 17.9. The smallest absolute Gasteiger partial charge is 0.295 e. The maximum absolute atomic E-state index is 13.1. The van der Waals surface area contributed by atoms with E-state index in [-0.39, 0.29) is 11.3 Å². The second kappa shape index (κ2) is 10.3. The number of nitrogens with zero attached hydrogens (tertiary/aromatic N) is 2. The van der Waals surface area contributed by atoms with Gasteiger partial charge in [-0.2, -0.15) is 0 Å². The van der Waals surface area contributed by atoms with Gasteiger partial charge in [0.2, 0.25) is 0 Å². The van der Waals surface area contributed by atoms with Crippen molar-refractivity contribution in [2.24, 2.45) is 0 Å². The predicted molar refractivity (Wildman–Crippen MR) is 129 cm³/mol. The topological polar surface area (TPSA) is 70.1 Å². The van der Waals surface area contributed by atoms with Crippen LogP contribution in [-0.4, -0.2) is 60.4 Å². The fourth-order valence-electron chi connectivity index (χ4n) is 3.96. The zero-order valence-corrected chi connectivity index (χ0v) is 20.5. The summed E-state index contributed by atoms with van der Waals surface area (Å²) in [4.78, 5) is 29.7. The standard InChI is InChI=1S/C25H29BrN2O4/c1-5-32-19-11-12-20(16(2)15-19)23(29)21-22(17-7-9-18(26)10-8-17)28(25(31)24(21)30)14-6-13-27(3)4/h7-12,15,22,29H,5-6,13-14H2,1-4H3. The number of likely N-dealkylation sites (tertiary alicyclic amines) is 1. The van der Waals surface area contributed by atoms with Crippen molar-refractivity contribution in [3.63, 3.8) is 0 Å². The van der Waals surface area contributed by atoms with Crippen molar-refractivity contribution in [3.8, 4) is 5.75 Å². The van der Waals surface area contributed by atoms with Crippen molar-refractivity contribution in [2.45, 2.75) is 26.3 Å². The molecule has 1 heterocycles. The first kappa shape index (κ1) is 24.0. The summed E-state index contributed by atoms with van der Waals surface area (Å²) >= 11 is 3.43. The van der Waals surface area contributed by atoms with Crippen LogP contribution < -0.4 is 4.74 Å². The fourth-order valence-corrected chi connectivity index (χ4v) is 4.23. The number of aliphatic hydroxyl groups is 1. The van der Waals surface area contributed by atoms with E-state index in [1.54, 1.807) is 17.0 Å². The second-order valence-corrected chi connectivity index (χ2v) is 9.03. The van der Waals surface area contributed by atoms with Crippen LogP contribution in [0.3, 0.4) is 0 Å². The molecule has 1 amide bonds. The molecule has 1 saturated heterocycles. The molecule has 7 heteroatoms. The molecule has 0 aromatic heterocycles. The highest BCUT2D eigenvalue weighted by Crippen LogP contribution is 2.40. The number of benzene rings is 2. The van der Waals surface area contributed by atoms with E-state index in [0.717, 1.165) is 28.6 Å². The Morgan fingerprint density at radius 2 is 1.84 bits per heavy atom. The van der Waals surface area contributed by atoms with E-state index in [1.165, 1.54) is 0 Å². The van der Waals surface area contributed by atoms with Crippen LogP contribution in [0.2, 0.25) is 0 Å². The molecule has 2 aromatic carbocycles. The Bertz CT molecular complexity index is 1030. The van der Waals surface area contributed by atoms with E-state index in [1.807, 2.05) is 63.2 Å². The average molecular weight is 501 g/mol. The Hall–Kier alpha value is -2.64. The number of ether oxygens (including phenoxy) is 1. The summed E-state index contributed by atoms with van der Waals surface area (Å²) in [5.74, 6) is -0.711. The minimum absolute atomic E-state index is 0.120. The Morgan fingerprint density at radius 1 is 1.16 bits per heavy atom. The lowest BCUT2D eigenvalue weighted by molar-refractivity contribution is -0.139. The van der Waals surface area contributed by atoms with Crippen LogP contribution in [-0.2, 0) is 9.59 Å². The first-order chi connectivity index (χ1) is 15.2. The molecule has 1 N–H and O–H groups in total. The van der Waals surface area contributed by atoms with Gasteiger partial charge in [-0.3, -0.25) is 9.59 Å². The molecule has 0 saturated carbocycles. The van der Waals surface area contributed by atoms with Crippen molar-refractivity contribution in [3.05, 3.63) is 69.2 Å². The van der Waals surface area contributed by atoms with Crippen molar-refractivity contribution >= 4 is 33.4 Å². The van der Waals surface area contributed by atoms with Gasteiger partial charge in [0.1, 0.15) is 11.5 Å². The number of carbonyl (C=O) groups is 2. The Morgan fingerprint density at radius 3 is 2.44 bits per heavy atom. The number of ketones is 1. The van der Waals surface area contributed by atoms with Crippen molar-refractivity contribution in [1.29, 1.82) is 0 Å². The van der Waals surface area contributed by atoms with Gasteiger partial charge in [-0.05, 0) is 82.4 Å². The van der Waals surface area contributed by atoms with Crippen molar-refractivity contribution in [2.75, 3.05) is 33.8 Å². The zero-order chi connectivity index (χ0) is 23.4. The molecule has 2 aromatic rings. The SMILES string of the molecule is CCOc1ccc(C(O)=C2C(=O)C(=O)N(CCCN(C)C)C2c2ccc(Br)cc2)c(C)c1. The number of rotatable bonds is 8. The molecule has 32 heavy (non-hydrogen) atoms. The van der Waals surface area contributed by atoms with Crippen LogP contribution in [0, 0.1) is 6.92 Å². The largest absolute Gasteiger partial charge is 0.507 e. The van der Waals surface area contributed by atoms with Crippen LogP contribution in [0.5, 0.6) is 5.75 Å². The third-order valence-corrected chi connectivity index (χ3v) is 6.02. The Balaban J connectivity index is 2.09. The second-order valence-electron chi connectivity index (χ2n) is 8.11. The van der Waals surface area contributed by atoms with Crippen LogP contribution >= 0.6 is 15.9 Å². The van der Waals surface area contributed by atoms with E-state index in [9.17, 15) is 14.7 Å². The van der Waals surface area contributed by atoms with Crippen LogP contribution in [0.25, 0.3) is 5.76 Å². The van der Waals surface area contributed by atoms with Gasteiger partial charge < -0.3 is 19.6 Å². The monoisotopic (exact) mass is 500 g/mol. The minimum Gasteiger partial charge on any atom is -0.507 e. The molecule has 0 aliphatic carbocycles. The van der Waals surface area contributed by atoms with Crippen molar-refractivity contribution in [1.82, 2.24) is 9.80 Å². The van der Waals surface area contributed by atoms with Crippen molar-refractivity contribution < 1.29 is 19.4 Å². The summed E-state index contributed by atoms with van der Waals surface area (Å²) in [6, 6.07) is 12.2. The molecule has 170 valence electrons. The highest BCUT2D eigenvalue weighted by molar-refractivity contribution is 9.10. The number of amides is 1. The van der Waals surface area contributed by atoms with Gasteiger partial charge in [0, 0.05) is 16.6 Å². The van der Waals surface area contributed by atoms with Gasteiger partial charge in [0.05, 0.1) is 18.2 Å². The number of Topliss-reactive ketones (excluding diaryl/α,β-unsaturated/α-hetero) is 1. The Labute approximate surface area is 197 Å². The molecule has 1 unspecified atom stereocenters. The third kappa shape index (κ3) is 5.05. The van der Waals surface area contributed by atoms with E-state index >= 15 is 0 Å². The average Bonchev–Trinajstić information content (AvgIpc) is 2.99. The molecule has 1 atom stereocenters. The Kier molecular flexibility index (Phi) is 7.74. The van der Waals surface area contributed by atoms with Gasteiger partial charge in [0.25, 0.3) is 11.7 Å². The number of aliphatic hydroxyl groups excluding tert-OH is 1. The number of aryl methyl sites for hydroxylation is 1. The van der Waals surface area contributed by atoms with Gasteiger partial charge in [-0.15, -0.1) is 0 Å². The summed E-state index contributed by atoms with van der Waals surface area (Å²) in [6.07, 6.45) is 0.717. The molecular weight excluding hydrogens is 472 g/mol. The van der Waals surface area contributed by atoms with Crippen LogP contribution in [0.4, 0.5) is 0 Å². The lowest BCUT2D eigenvalue weighted by Crippen LogP contribution is -2.32. The number of carbonyl (C=O) groups excluding carboxylic acids is 2. The highest BCUT2D eigenvalue weighted by Gasteiger charge is 2.45. The summed E-state index contributed by atoms with van der Waals surface area (Å²) in [5.41, 5.74) is 2.18. The van der Waals surface area contributed by atoms with Crippen LogP contribution in [0.15, 0.2) is 52.5 Å². The number of hydrogen-bond acceptors (Lipinski definition) is 5. The summed E-state index contributed by atoms with van der Waals surface area (Å²) in [7, 11) is 3.93. The predicted octanol–water partition coefficient (Wildman–Crippen LogP) is 4.53. The zero-order valence-electron chi connectivity index (χ0n) is 18.9. The number of halogens is 1. The molecule has 1 aliphatic heterocycles. The maximum Gasteiger partial charge on any atom is 0.295 e. The lowest BCUT2D eigenvalue weighted by atomic mass is 9.94. The molecule has 3 rings (SSSR count). The molecule has 0 spiro atoms. The molecule has 6 nitrogen and oxygen atoms in total. The minimum atomic E-state index is -0.659. The van der Waals surface area contributed by atoms with E-state index in [2.05, 4.69) is 15.9 Å². The van der Waals surface area contributed by atoms with Gasteiger partial charge in [0.15, 0.2) is 0 Å². The molecule has 1 fully saturated rings. The van der Waals surface area contributed by atoms with Gasteiger partial charge in [-0.1, -0.05) is 28.1 Å². The van der Waals surface area contributed by atoms with E-state index in [0.29, 0.717) is 24.5 Å². The summed E-state index contributed by atoms with van der Waals surface area (Å²) in [5, 5.41) is 11.2. The van der Waals surface area contributed by atoms with E-state index in [4.69, 9.17) is 4.74 Å². The van der Waals surface area contributed by atoms with Crippen LogP contribution in [0.1, 0.15) is 36.1 Å². The lowest BCUT2D eigenvalue weighted by Gasteiger charge is -2.26. The summed E-state index contributed by atoms with van der Waals surface area (Å²) < 4.78 is 6.43. The quantitative estimate of drug-likeness (QED) is 0.327.